The molecular formula is C17H23NO3. The van der Waals surface area contributed by atoms with Crippen LogP contribution in [0.3, 0.4) is 0 Å². The van der Waals surface area contributed by atoms with Crippen LogP contribution in [-0.4, -0.2) is 30.3 Å². The van der Waals surface area contributed by atoms with E-state index in [4.69, 9.17) is 4.74 Å². The molecule has 3 rings (SSSR count). The van der Waals surface area contributed by atoms with E-state index >= 15 is 0 Å². The second-order valence-corrected chi connectivity index (χ2v) is 6.45. The Bertz CT molecular complexity index is 571. The van der Waals surface area contributed by atoms with Gasteiger partial charge in [-0.15, -0.1) is 0 Å². The van der Waals surface area contributed by atoms with Gasteiger partial charge in [0.2, 0.25) is 5.91 Å². The average Bonchev–Trinajstić information content (AvgIpc) is 2.86. The molecule has 0 aromatic heterocycles. The molecule has 2 aliphatic rings. The fraction of sp³-hybridized carbons (Fsp3) is 0.588. The molecule has 1 N–H and O–H groups in total. The van der Waals surface area contributed by atoms with Crippen LogP contribution in [0.15, 0.2) is 18.2 Å². The number of likely N-dealkylation sites (N-methyl/N-ethyl adjacent to an activating group) is 1. The van der Waals surface area contributed by atoms with Gasteiger partial charge < -0.3 is 14.7 Å². The predicted octanol–water partition coefficient (Wildman–Crippen LogP) is 2.30. The number of aliphatic hydroxyl groups excluding tert-OH is 1. The summed E-state index contributed by atoms with van der Waals surface area (Å²) in [5.41, 5.74) is 2.85. The van der Waals surface area contributed by atoms with Gasteiger partial charge in [0, 0.05) is 18.7 Å². The number of rotatable bonds is 2. The number of fused-ring (bicyclic) bond motifs is 1. The van der Waals surface area contributed by atoms with E-state index in [9.17, 15) is 9.90 Å². The maximum Gasteiger partial charge on any atom is 0.231 e. The number of hydrogen-bond acceptors (Lipinski definition) is 3. The molecule has 0 radical (unpaired) electrons. The number of carbonyl (C=O) groups is 1. The molecule has 1 aromatic rings. The molecule has 1 amide bonds. The minimum atomic E-state index is -0.550. The van der Waals surface area contributed by atoms with E-state index in [0.29, 0.717) is 12.3 Å². The highest BCUT2D eigenvalue weighted by Crippen LogP contribution is 2.41. The molecule has 2 heterocycles. The van der Waals surface area contributed by atoms with Crippen LogP contribution < -0.4 is 4.90 Å². The molecule has 1 aromatic carbocycles. The van der Waals surface area contributed by atoms with Gasteiger partial charge in [-0.3, -0.25) is 4.79 Å². The number of hydrogen-bond donors (Lipinski definition) is 1. The largest absolute Gasteiger partial charge is 0.388 e. The van der Waals surface area contributed by atoms with E-state index < -0.39 is 6.10 Å². The van der Waals surface area contributed by atoms with Gasteiger partial charge in [-0.1, -0.05) is 19.1 Å². The zero-order valence-corrected chi connectivity index (χ0v) is 13.0. The lowest BCUT2D eigenvalue weighted by molar-refractivity contribution is -0.117. The molecule has 1 fully saturated rings. The van der Waals surface area contributed by atoms with Crippen LogP contribution in [0.25, 0.3) is 0 Å². The summed E-state index contributed by atoms with van der Waals surface area (Å²) < 4.78 is 5.83. The van der Waals surface area contributed by atoms with Crippen LogP contribution in [0.4, 0.5) is 5.69 Å². The Kier molecular flexibility index (Phi) is 3.54. The van der Waals surface area contributed by atoms with Crippen molar-refractivity contribution >= 4 is 11.6 Å². The highest BCUT2D eigenvalue weighted by Gasteiger charge is 2.41. The third-order valence-electron chi connectivity index (χ3n) is 5.21. The predicted molar refractivity (Wildman–Crippen MR) is 81.2 cm³/mol. The average molecular weight is 289 g/mol. The van der Waals surface area contributed by atoms with Crippen molar-refractivity contribution in [2.24, 2.45) is 11.8 Å². The summed E-state index contributed by atoms with van der Waals surface area (Å²) in [7, 11) is 1.79. The highest BCUT2D eigenvalue weighted by molar-refractivity contribution is 6.00. The second-order valence-electron chi connectivity index (χ2n) is 6.45. The SMILES string of the molecule is CC1OC(C)C(C(O)c2ccc3c(c2)CC(=O)N3C)C1C. The molecule has 5 unspecified atom stereocenters. The molecule has 21 heavy (non-hydrogen) atoms. The number of anilines is 1. The molecule has 0 bridgehead atoms. The monoisotopic (exact) mass is 289 g/mol. The first kappa shape index (κ1) is 14.5. The van der Waals surface area contributed by atoms with E-state index in [1.807, 2.05) is 25.1 Å². The smallest absolute Gasteiger partial charge is 0.231 e. The van der Waals surface area contributed by atoms with E-state index in [0.717, 1.165) is 16.8 Å². The lowest BCUT2D eigenvalue weighted by Gasteiger charge is -2.25. The lowest BCUT2D eigenvalue weighted by atomic mass is 9.82. The fourth-order valence-electron chi connectivity index (χ4n) is 3.73. The summed E-state index contributed by atoms with van der Waals surface area (Å²) in [6, 6.07) is 5.85. The first-order valence-electron chi connectivity index (χ1n) is 7.63. The maximum absolute atomic E-state index is 11.8. The van der Waals surface area contributed by atoms with E-state index in [1.165, 1.54) is 0 Å². The quantitative estimate of drug-likeness (QED) is 0.909. The first-order valence-corrected chi connectivity index (χ1v) is 7.63. The van der Waals surface area contributed by atoms with Crippen molar-refractivity contribution in [2.45, 2.75) is 45.5 Å². The standard InChI is InChI=1S/C17H23NO3/c1-9-10(2)21-11(3)16(9)17(20)12-5-6-14-13(7-12)8-15(19)18(14)4/h5-7,9-11,16-17,20H,8H2,1-4H3. The van der Waals surface area contributed by atoms with E-state index in [2.05, 4.69) is 13.8 Å². The van der Waals surface area contributed by atoms with Crippen LogP contribution in [0.2, 0.25) is 0 Å². The highest BCUT2D eigenvalue weighted by atomic mass is 16.5. The number of nitrogens with zero attached hydrogens (tertiary/aromatic N) is 1. The van der Waals surface area contributed by atoms with Crippen molar-refractivity contribution in [1.82, 2.24) is 0 Å². The zero-order chi connectivity index (χ0) is 15.3. The summed E-state index contributed by atoms with van der Waals surface area (Å²) in [6.07, 6.45) is 0.0883. The minimum Gasteiger partial charge on any atom is -0.388 e. The van der Waals surface area contributed by atoms with Gasteiger partial charge in [-0.25, -0.2) is 0 Å². The minimum absolute atomic E-state index is 0.0440. The van der Waals surface area contributed by atoms with Crippen molar-refractivity contribution in [3.63, 3.8) is 0 Å². The number of benzene rings is 1. The Morgan fingerprint density at radius 3 is 2.62 bits per heavy atom. The normalized spacial score (nSPS) is 33.4. The fourth-order valence-corrected chi connectivity index (χ4v) is 3.73. The molecule has 4 heteroatoms. The third kappa shape index (κ3) is 2.27. The van der Waals surface area contributed by atoms with Crippen molar-refractivity contribution in [3.05, 3.63) is 29.3 Å². The number of amides is 1. The van der Waals surface area contributed by atoms with Crippen molar-refractivity contribution < 1.29 is 14.6 Å². The van der Waals surface area contributed by atoms with Gasteiger partial charge in [0.05, 0.1) is 24.7 Å². The second kappa shape index (κ2) is 5.11. The van der Waals surface area contributed by atoms with E-state index in [1.54, 1.807) is 11.9 Å². The molecule has 4 nitrogen and oxygen atoms in total. The number of ether oxygens (including phenoxy) is 1. The van der Waals surface area contributed by atoms with Crippen molar-refractivity contribution in [3.8, 4) is 0 Å². The van der Waals surface area contributed by atoms with Gasteiger partial charge in [0.15, 0.2) is 0 Å². The first-order chi connectivity index (χ1) is 9.90. The van der Waals surface area contributed by atoms with E-state index in [-0.39, 0.29) is 24.0 Å². The summed E-state index contributed by atoms with van der Waals surface area (Å²) in [6.45, 7) is 6.22. The van der Waals surface area contributed by atoms with Gasteiger partial charge in [-0.2, -0.15) is 0 Å². The summed E-state index contributed by atoms with van der Waals surface area (Å²) in [5.74, 6) is 0.511. The van der Waals surface area contributed by atoms with Gasteiger partial charge in [0.25, 0.3) is 0 Å². The molecule has 0 aliphatic carbocycles. The van der Waals surface area contributed by atoms with Gasteiger partial charge >= 0.3 is 0 Å². The Morgan fingerprint density at radius 2 is 2.00 bits per heavy atom. The zero-order valence-electron chi connectivity index (χ0n) is 13.0. The molecule has 1 saturated heterocycles. The van der Waals surface area contributed by atoms with Gasteiger partial charge in [0.1, 0.15) is 0 Å². The van der Waals surface area contributed by atoms with Crippen molar-refractivity contribution in [2.75, 3.05) is 11.9 Å². The summed E-state index contributed by atoms with van der Waals surface area (Å²) >= 11 is 0. The van der Waals surface area contributed by atoms with Gasteiger partial charge in [-0.05, 0) is 37.0 Å². The number of carbonyl (C=O) groups excluding carboxylic acids is 1. The Hall–Kier alpha value is -1.39. The Morgan fingerprint density at radius 1 is 1.29 bits per heavy atom. The lowest BCUT2D eigenvalue weighted by Crippen LogP contribution is -2.25. The van der Waals surface area contributed by atoms with Crippen LogP contribution in [0, 0.1) is 11.8 Å². The molecule has 0 saturated carbocycles. The summed E-state index contributed by atoms with van der Waals surface area (Å²) in [4.78, 5) is 13.4. The topological polar surface area (TPSA) is 49.8 Å². The summed E-state index contributed by atoms with van der Waals surface area (Å²) in [5, 5.41) is 10.8. The van der Waals surface area contributed by atoms with Crippen LogP contribution in [0.1, 0.15) is 38.0 Å². The molecular weight excluding hydrogens is 266 g/mol. The Labute approximate surface area is 125 Å². The van der Waals surface area contributed by atoms with Crippen LogP contribution >= 0.6 is 0 Å². The molecule has 114 valence electrons. The number of aliphatic hydroxyl groups is 1. The maximum atomic E-state index is 11.8. The van der Waals surface area contributed by atoms with Crippen molar-refractivity contribution in [1.29, 1.82) is 0 Å². The molecule has 0 spiro atoms. The Balaban J connectivity index is 1.88. The third-order valence-corrected chi connectivity index (χ3v) is 5.21. The molecule has 2 aliphatic heterocycles. The van der Waals surface area contributed by atoms with Crippen LogP contribution in [-0.2, 0) is 16.0 Å². The molecule has 5 atom stereocenters. The van der Waals surface area contributed by atoms with Crippen LogP contribution in [0.5, 0.6) is 0 Å².